The van der Waals surface area contributed by atoms with E-state index >= 15 is 0 Å². The van der Waals surface area contributed by atoms with Crippen LogP contribution in [-0.2, 0) is 10.0 Å². The predicted octanol–water partition coefficient (Wildman–Crippen LogP) is 2.76. The molecule has 0 N–H and O–H groups in total. The van der Waals surface area contributed by atoms with Crippen LogP contribution < -0.4 is 0 Å². The Balaban J connectivity index is 1.48. The molecule has 1 aliphatic rings. The van der Waals surface area contributed by atoms with Gasteiger partial charge in [0, 0.05) is 31.7 Å². The molecule has 0 spiro atoms. The van der Waals surface area contributed by atoms with E-state index in [-0.39, 0.29) is 29.0 Å². The Bertz CT molecular complexity index is 1090. The van der Waals surface area contributed by atoms with Crippen LogP contribution in [0.25, 0.3) is 10.6 Å². The van der Waals surface area contributed by atoms with Gasteiger partial charge in [0.1, 0.15) is 4.21 Å². The number of furan rings is 1. The summed E-state index contributed by atoms with van der Waals surface area (Å²) in [5.74, 6) is 0.631. The van der Waals surface area contributed by atoms with Gasteiger partial charge in [-0.1, -0.05) is 5.16 Å². The van der Waals surface area contributed by atoms with Gasteiger partial charge >= 0.3 is 0 Å². The van der Waals surface area contributed by atoms with E-state index < -0.39 is 10.0 Å². The summed E-state index contributed by atoms with van der Waals surface area (Å²) in [6, 6.07) is 6.58. The first-order chi connectivity index (χ1) is 13.4. The minimum atomic E-state index is -3.63. The number of carbonyl (C=O) groups excluding carboxylic acids is 1. The van der Waals surface area contributed by atoms with E-state index in [1.54, 1.807) is 29.2 Å². The normalized spacial score (nSPS) is 15.9. The Kier molecular flexibility index (Phi) is 4.86. The fourth-order valence-corrected chi connectivity index (χ4v) is 5.96. The number of nitrogens with zero attached hydrogens (tertiary/aromatic N) is 3. The average molecular weight is 422 g/mol. The number of hydrogen-bond donors (Lipinski definition) is 0. The highest BCUT2D eigenvalue weighted by Gasteiger charge is 2.32. The first kappa shape index (κ1) is 18.9. The zero-order valence-electron chi connectivity index (χ0n) is 15.4. The van der Waals surface area contributed by atoms with Crippen LogP contribution >= 0.6 is 11.3 Å². The number of thiophene rings is 1. The number of aromatic nitrogens is 1. The Morgan fingerprint density at radius 2 is 1.89 bits per heavy atom. The summed E-state index contributed by atoms with van der Waals surface area (Å²) in [4.78, 5) is 14.7. The molecular formula is C18H19N3O5S2. The summed E-state index contributed by atoms with van der Waals surface area (Å²) in [5, 5.41) is 3.93. The molecule has 148 valence electrons. The van der Waals surface area contributed by atoms with E-state index in [1.165, 1.54) is 10.6 Å². The summed E-state index contributed by atoms with van der Waals surface area (Å²) >= 11 is 1.16. The number of hydrogen-bond acceptors (Lipinski definition) is 7. The van der Waals surface area contributed by atoms with Gasteiger partial charge in [0.25, 0.3) is 15.9 Å². The molecule has 0 bridgehead atoms. The molecule has 1 amide bonds. The standard InChI is InChI=1S/C18H19N3O5S2/c1-12-13(2)19-26-17(12)15-5-6-16(27-15)28(23,24)21-9-7-20(8-10-21)18(22)14-4-3-11-25-14/h3-6,11H,7-10H2,1-2H3. The highest BCUT2D eigenvalue weighted by atomic mass is 32.2. The summed E-state index contributed by atoms with van der Waals surface area (Å²) in [5.41, 5.74) is 1.68. The average Bonchev–Trinajstić information content (AvgIpc) is 3.44. The molecule has 28 heavy (non-hydrogen) atoms. The van der Waals surface area contributed by atoms with Gasteiger partial charge in [-0.15, -0.1) is 11.3 Å². The molecule has 3 aromatic heterocycles. The van der Waals surface area contributed by atoms with Crippen molar-refractivity contribution in [2.75, 3.05) is 26.2 Å². The monoisotopic (exact) mass is 421 g/mol. The fraction of sp³-hybridized carbons (Fsp3) is 0.333. The molecule has 8 nitrogen and oxygen atoms in total. The van der Waals surface area contributed by atoms with E-state index in [1.807, 2.05) is 13.8 Å². The maximum atomic E-state index is 13.0. The van der Waals surface area contributed by atoms with Crippen molar-refractivity contribution in [1.29, 1.82) is 0 Å². The van der Waals surface area contributed by atoms with Crippen LogP contribution in [-0.4, -0.2) is 54.9 Å². The van der Waals surface area contributed by atoms with Gasteiger partial charge < -0.3 is 13.8 Å². The van der Waals surface area contributed by atoms with E-state index in [0.717, 1.165) is 27.5 Å². The number of aryl methyl sites for hydroxylation is 1. The number of amides is 1. The van der Waals surface area contributed by atoms with Gasteiger partial charge in [-0.3, -0.25) is 4.79 Å². The molecule has 0 atom stereocenters. The van der Waals surface area contributed by atoms with Crippen molar-refractivity contribution in [3.05, 3.63) is 47.5 Å². The largest absolute Gasteiger partial charge is 0.459 e. The zero-order valence-corrected chi connectivity index (χ0v) is 17.0. The lowest BCUT2D eigenvalue weighted by atomic mass is 10.2. The third-order valence-corrected chi connectivity index (χ3v) is 8.26. The van der Waals surface area contributed by atoms with Crippen LogP contribution in [0.5, 0.6) is 0 Å². The third-order valence-electron chi connectivity index (χ3n) is 4.81. The molecule has 0 radical (unpaired) electrons. The maximum absolute atomic E-state index is 13.0. The van der Waals surface area contributed by atoms with Crippen molar-refractivity contribution < 1.29 is 22.2 Å². The SMILES string of the molecule is Cc1noc(-c2ccc(S(=O)(=O)N3CCN(C(=O)c4ccco4)CC3)s2)c1C. The van der Waals surface area contributed by atoms with Crippen molar-refractivity contribution in [2.24, 2.45) is 0 Å². The first-order valence-electron chi connectivity index (χ1n) is 8.74. The van der Waals surface area contributed by atoms with Gasteiger partial charge in [-0.25, -0.2) is 8.42 Å². The van der Waals surface area contributed by atoms with Crippen LogP contribution in [0, 0.1) is 13.8 Å². The van der Waals surface area contributed by atoms with Crippen LogP contribution in [0.3, 0.4) is 0 Å². The maximum Gasteiger partial charge on any atom is 0.289 e. The lowest BCUT2D eigenvalue weighted by molar-refractivity contribution is 0.0666. The van der Waals surface area contributed by atoms with Gasteiger partial charge in [-0.05, 0) is 38.1 Å². The molecule has 3 aromatic rings. The Morgan fingerprint density at radius 1 is 1.14 bits per heavy atom. The van der Waals surface area contributed by atoms with Crippen molar-refractivity contribution in [2.45, 2.75) is 18.1 Å². The molecule has 0 saturated carbocycles. The van der Waals surface area contributed by atoms with Crippen molar-refractivity contribution in [1.82, 2.24) is 14.4 Å². The number of carbonyl (C=O) groups is 1. The molecule has 4 rings (SSSR count). The molecule has 4 heterocycles. The van der Waals surface area contributed by atoms with Crippen LogP contribution in [0.4, 0.5) is 0 Å². The highest BCUT2D eigenvalue weighted by molar-refractivity contribution is 7.91. The van der Waals surface area contributed by atoms with Crippen LogP contribution in [0.1, 0.15) is 21.8 Å². The number of piperazine rings is 1. The molecule has 1 aliphatic heterocycles. The number of sulfonamides is 1. The second-order valence-electron chi connectivity index (χ2n) is 6.51. The lowest BCUT2D eigenvalue weighted by Crippen LogP contribution is -2.50. The first-order valence-corrected chi connectivity index (χ1v) is 11.0. The third kappa shape index (κ3) is 3.27. The van der Waals surface area contributed by atoms with Crippen LogP contribution in [0.15, 0.2) is 43.7 Å². The molecule has 0 aromatic carbocycles. The second kappa shape index (κ2) is 7.19. The highest BCUT2D eigenvalue weighted by Crippen LogP contribution is 2.35. The smallest absolute Gasteiger partial charge is 0.289 e. The summed E-state index contributed by atoms with van der Waals surface area (Å²) in [7, 11) is -3.63. The fourth-order valence-electron chi connectivity index (χ4n) is 3.04. The molecule has 0 unspecified atom stereocenters. The summed E-state index contributed by atoms with van der Waals surface area (Å²) in [6.45, 7) is 4.85. The minimum absolute atomic E-state index is 0.225. The zero-order chi connectivity index (χ0) is 19.9. The minimum Gasteiger partial charge on any atom is -0.459 e. The molecular weight excluding hydrogens is 402 g/mol. The quantitative estimate of drug-likeness (QED) is 0.643. The van der Waals surface area contributed by atoms with Crippen LogP contribution in [0.2, 0.25) is 0 Å². The number of rotatable bonds is 4. The topological polar surface area (TPSA) is 96.9 Å². The Labute approximate surface area is 166 Å². The van der Waals surface area contributed by atoms with Gasteiger partial charge in [0.15, 0.2) is 11.5 Å². The molecule has 1 saturated heterocycles. The van der Waals surface area contributed by atoms with E-state index in [0.29, 0.717) is 18.8 Å². The van der Waals surface area contributed by atoms with Gasteiger partial charge in [0.05, 0.1) is 16.8 Å². The van der Waals surface area contributed by atoms with E-state index in [4.69, 9.17) is 8.94 Å². The summed E-state index contributed by atoms with van der Waals surface area (Å²) in [6.07, 6.45) is 1.44. The van der Waals surface area contributed by atoms with Gasteiger partial charge in [-0.2, -0.15) is 4.31 Å². The Morgan fingerprint density at radius 3 is 2.50 bits per heavy atom. The molecule has 10 heteroatoms. The molecule has 1 fully saturated rings. The molecule has 0 aliphatic carbocycles. The van der Waals surface area contributed by atoms with E-state index in [2.05, 4.69) is 5.16 Å². The Hall–Kier alpha value is -2.43. The second-order valence-corrected chi connectivity index (χ2v) is 9.76. The predicted molar refractivity (Wildman–Crippen MR) is 103 cm³/mol. The van der Waals surface area contributed by atoms with Crippen molar-refractivity contribution in [3.63, 3.8) is 0 Å². The van der Waals surface area contributed by atoms with Crippen molar-refractivity contribution >= 4 is 27.3 Å². The van der Waals surface area contributed by atoms with Crippen molar-refractivity contribution in [3.8, 4) is 10.6 Å². The van der Waals surface area contributed by atoms with Gasteiger partial charge in [0.2, 0.25) is 0 Å². The van der Waals surface area contributed by atoms with E-state index in [9.17, 15) is 13.2 Å². The lowest BCUT2D eigenvalue weighted by Gasteiger charge is -2.33. The summed E-state index contributed by atoms with van der Waals surface area (Å²) < 4.78 is 38.1.